The van der Waals surface area contributed by atoms with Gasteiger partial charge in [-0.1, -0.05) is 36.4 Å². The van der Waals surface area contributed by atoms with Crippen molar-refractivity contribution in [3.8, 4) is 0 Å². The number of amides is 1. The molecule has 1 aromatic heterocycles. The lowest BCUT2D eigenvalue weighted by atomic mass is 9.95. The third kappa shape index (κ3) is 4.50. The van der Waals surface area contributed by atoms with Gasteiger partial charge in [-0.15, -0.1) is 0 Å². The summed E-state index contributed by atoms with van der Waals surface area (Å²) in [6.45, 7) is 7.76. The van der Waals surface area contributed by atoms with Gasteiger partial charge in [0.15, 0.2) is 0 Å². The fourth-order valence-corrected chi connectivity index (χ4v) is 4.23. The highest BCUT2D eigenvalue weighted by Gasteiger charge is 2.38. The Morgan fingerprint density at radius 3 is 2.42 bits per heavy atom. The fourth-order valence-electron chi connectivity index (χ4n) is 4.23. The Labute approximate surface area is 192 Å². The molecule has 3 aromatic rings. The zero-order valence-corrected chi connectivity index (χ0v) is 19.2. The minimum Gasteiger partial charge on any atom is -0.463 e. The van der Waals surface area contributed by atoms with Gasteiger partial charge in [0.2, 0.25) is 11.9 Å². The van der Waals surface area contributed by atoms with Crippen molar-refractivity contribution in [2.45, 2.75) is 33.7 Å². The van der Waals surface area contributed by atoms with Crippen molar-refractivity contribution in [2.75, 3.05) is 23.4 Å². The molecule has 8 heteroatoms. The number of anilines is 2. The normalized spacial score (nSPS) is 15.3. The number of benzene rings is 2. The van der Waals surface area contributed by atoms with Crippen molar-refractivity contribution in [3.63, 3.8) is 0 Å². The molecule has 33 heavy (non-hydrogen) atoms. The summed E-state index contributed by atoms with van der Waals surface area (Å²) in [5, 5.41) is 7.35. The van der Waals surface area contributed by atoms with Crippen LogP contribution in [0.3, 0.4) is 0 Å². The Bertz CT molecular complexity index is 1200. The molecule has 1 amide bonds. The summed E-state index contributed by atoms with van der Waals surface area (Å²) < 4.78 is 7.05. The molecule has 0 aliphatic carbocycles. The number of hydrogen-bond donors (Lipinski definition) is 1. The molecule has 0 bridgehead atoms. The number of rotatable bonds is 6. The van der Waals surface area contributed by atoms with E-state index in [2.05, 4.69) is 15.4 Å². The molecule has 1 N–H and O–H groups in total. The third-order valence-corrected chi connectivity index (χ3v) is 5.53. The van der Waals surface area contributed by atoms with E-state index in [1.807, 2.05) is 69.3 Å². The first kappa shape index (κ1) is 22.3. The maximum Gasteiger partial charge on any atom is 0.338 e. The molecule has 1 unspecified atom stereocenters. The Balaban J connectivity index is 1.71. The number of ether oxygens (including phenoxy) is 1. The van der Waals surface area contributed by atoms with Crippen LogP contribution in [0.4, 0.5) is 11.6 Å². The van der Waals surface area contributed by atoms with Crippen LogP contribution in [0.1, 0.15) is 36.6 Å². The molecular formula is C25H27N5O3. The van der Waals surface area contributed by atoms with Crippen LogP contribution >= 0.6 is 0 Å². The SMILES string of the molecule is CCOC(=O)C1=C(C)N(CC(=O)Nc2cc(C)cc(C)c2)c2ncnn2C1c1ccccc1. The average Bonchev–Trinajstić information content (AvgIpc) is 3.24. The Hall–Kier alpha value is -3.94. The number of fused-ring (bicyclic) bond motifs is 1. The van der Waals surface area contributed by atoms with E-state index in [-0.39, 0.29) is 19.1 Å². The quantitative estimate of drug-likeness (QED) is 0.581. The third-order valence-electron chi connectivity index (χ3n) is 5.53. The topological polar surface area (TPSA) is 89.3 Å². The van der Waals surface area contributed by atoms with Crippen molar-refractivity contribution >= 4 is 23.5 Å². The predicted octanol–water partition coefficient (Wildman–Crippen LogP) is 3.78. The van der Waals surface area contributed by atoms with Crippen molar-refractivity contribution in [2.24, 2.45) is 0 Å². The number of nitrogens with zero attached hydrogens (tertiary/aromatic N) is 4. The van der Waals surface area contributed by atoms with Crippen LogP contribution in [0.15, 0.2) is 66.1 Å². The number of aryl methyl sites for hydroxylation is 2. The van der Waals surface area contributed by atoms with Gasteiger partial charge in [-0.2, -0.15) is 10.1 Å². The van der Waals surface area contributed by atoms with E-state index in [0.29, 0.717) is 17.2 Å². The van der Waals surface area contributed by atoms with Crippen LogP contribution in [-0.4, -0.2) is 39.8 Å². The summed E-state index contributed by atoms with van der Waals surface area (Å²) in [6, 6.07) is 15.0. The smallest absolute Gasteiger partial charge is 0.338 e. The number of esters is 1. The highest BCUT2D eigenvalue weighted by molar-refractivity contribution is 5.96. The second kappa shape index (κ2) is 9.28. The van der Waals surface area contributed by atoms with Crippen molar-refractivity contribution in [1.29, 1.82) is 0 Å². The lowest BCUT2D eigenvalue weighted by molar-refractivity contribution is -0.139. The summed E-state index contributed by atoms with van der Waals surface area (Å²) in [5.74, 6) is -0.176. The van der Waals surface area contributed by atoms with E-state index in [0.717, 1.165) is 22.4 Å². The van der Waals surface area contributed by atoms with E-state index in [4.69, 9.17) is 4.74 Å². The van der Waals surface area contributed by atoms with E-state index in [1.54, 1.807) is 16.5 Å². The molecule has 0 saturated heterocycles. The number of aromatic nitrogens is 3. The fraction of sp³-hybridized carbons (Fsp3) is 0.280. The molecule has 1 aliphatic rings. The van der Waals surface area contributed by atoms with Crippen LogP contribution < -0.4 is 10.2 Å². The molecule has 170 valence electrons. The second-order valence-corrected chi connectivity index (χ2v) is 8.05. The Morgan fingerprint density at radius 2 is 1.76 bits per heavy atom. The first-order chi connectivity index (χ1) is 15.9. The Morgan fingerprint density at radius 1 is 1.06 bits per heavy atom. The molecule has 4 rings (SSSR count). The van der Waals surface area contributed by atoms with Gasteiger partial charge in [-0.25, -0.2) is 9.48 Å². The molecule has 2 aromatic carbocycles. The number of allylic oxidation sites excluding steroid dienone is 1. The molecular weight excluding hydrogens is 418 g/mol. The molecule has 8 nitrogen and oxygen atoms in total. The number of carbonyl (C=O) groups excluding carboxylic acids is 2. The summed E-state index contributed by atoms with van der Waals surface area (Å²) in [7, 11) is 0. The van der Waals surface area contributed by atoms with Gasteiger partial charge in [-0.3, -0.25) is 4.79 Å². The zero-order chi connectivity index (χ0) is 23.5. The van der Waals surface area contributed by atoms with Crippen LogP contribution in [0.25, 0.3) is 0 Å². The lowest BCUT2D eigenvalue weighted by Crippen LogP contribution is -2.40. The van der Waals surface area contributed by atoms with Gasteiger partial charge < -0.3 is 15.0 Å². The maximum absolute atomic E-state index is 13.1. The van der Waals surface area contributed by atoms with Crippen LogP contribution in [0.2, 0.25) is 0 Å². The average molecular weight is 446 g/mol. The molecule has 2 heterocycles. The minimum absolute atomic E-state index is 0.0259. The zero-order valence-electron chi connectivity index (χ0n) is 19.2. The van der Waals surface area contributed by atoms with E-state index < -0.39 is 12.0 Å². The van der Waals surface area contributed by atoms with E-state index in [1.165, 1.54) is 6.33 Å². The van der Waals surface area contributed by atoms with Gasteiger partial charge in [0, 0.05) is 11.4 Å². The summed E-state index contributed by atoms with van der Waals surface area (Å²) in [5.41, 5.74) is 4.78. The van der Waals surface area contributed by atoms with Crippen molar-refractivity contribution in [3.05, 3.63) is 82.8 Å². The van der Waals surface area contributed by atoms with Gasteiger partial charge >= 0.3 is 5.97 Å². The molecule has 0 fully saturated rings. The van der Waals surface area contributed by atoms with Gasteiger partial charge in [0.05, 0.1) is 12.2 Å². The second-order valence-electron chi connectivity index (χ2n) is 8.05. The maximum atomic E-state index is 13.1. The van der Waals surface area contributed by atoms with E-state index in [9.17, 15) is 9.59 Å². The predicted molar refractivity (Wildman–Crippen MR) is 126 cm³/mol. The van der Waals surface area contributed by atoms with Gasteiger partial charge in [0.25, 0.3) is 0 Å². The largest absolute Gasteiger partial charge is 0.463 e. The molecule has 1 atom stereocenters. The Kier molecular flexibility index (Phi) is 6.26. The molecule has 0 radical (unpaired) electrons. The molecule has 1 aliphatic heterocycles. The van der Waals surface area contributed by atoms with Crippen molar-refractivity contribution in [1.82, 2.24) is 14.8 Å². The van der Waals surface area contributed by atoms with E-state index >= 15 is 0 Å². The highest BCUT2D eigenvalue weighted by atomic mass is 16.5. The molecule has 0 saturated carbocycles. The van der Waals surface area contributed by atoms with Crippen LogP contribution in [0, 0.1) is 13.8 Å². The number of hydrogen-bond acceptors (Lipinski definition) is 6. The number of nitrogens with one attached hydrogen (secondary N) is 1. The van der Waals surface area contributed by atoms with Crippen LogP contribution in [0.5, 0.6) is 0 Å². The van der Waals surface area contributed by atoms with Gasteiger partial charge in [0.1, 0.15) is 18.9 Å². The summed E-state index contributed by atoms with van der Waals surface area (Å²) >= 11 is 0. The summed E-state index contributed by atoms with van der Waals surface area (Å²) in [4.78, 5) is 32.1. The monoisotopic (exact) mass is 445 g/mol. The minimum atomic E-state index is -0.499. The van der Waals surface area contributed by atoms with Crippen molar-refractivity contribution < 1.29 is 14.3 Å². The first-order valence-corrected chi connectivity index (χ1v) is 10.9. The summed E-state index contributed by atoms with van der Waals surface area (Å²) in [6.07, 6.45) is 1.43. The lowest BCUT2D eigenvalue weighted by Gasteiger charge is -2.35. The highest BCUT2D eigenvalue weighted by Crippen LogP contribution is 2.38. The number of carbonyl (C=O) groups is 2. The van der Waals surface area contributed by atoms with Gasteiger partial charge in [-0.05, 0) is 56.5 Å². The standard InChI is InChI=1S/C25H27N5O3/c1-5-33-24(32)22-18(4)29(14-21(31)28-20-12-16(2)11-17(3)13-20)25-26-15-27-30(25)23(22)19-9-7-6-8-10-19/h6-13,15,23H,5,14H2,1-4H3,(H,28,31). The van der Waals surface area contributed by atoms with Crippen LogP contribution in [-0.2, 0) is 14.3 Å². The first-order valence-electron chi connectivity index (χ1n) is 10.9. The molecule has 0 spiro atoms.